The van der Waals surface area contributed by atoms with Crippen LogP contribution in [0.15, 0.2) is 54.3 Å². The maximum Gasteiger partial charge on any atom is 0.0774 e. The van der Waals surface area contributed by atoms with Crippen molar-refractivity contribution in [2.45, 2.75) is 78.6 Å². The van der Waals surface area contributed by atoms with Gasteiger partial charge in [-0.3, -0.25) is 0 Å². The Morgan fingerprint density at radius 1 is 0.316 bits per heavy atom. The van der Waals surface area contributed by atoms with Crippen LogP contribution in [0.4, 0.5) is 0 Å². The van der Waals surface area contributed by atoms with Crippen LogP contribution in [-0.4, -0.2) is 32.3 Å². The van der Waals surface area contributed by atoms with E-state index in [1.165, 1.54) is 31.2 Å². The van der Waals surface area contributed by atoms with Gasteiger partial charge in [0, 0.05) is 17.9 Å². The molecule has 0 bridgehead atoms. The van der Waals surface area contributed by atoms with Gasteiger partial charge in [0.25, 0.3) is 0 Å². The lowest BCUT2D eigenvalue weighted by Crippen LogP contribution is -2.56. The molecule has 0 N–H and O–H groups in total. The summed E-state index contributed by atoms with van der Waals surface area (Å²) >= 11 is 15.9. The summed E-state index contributed by atoms with van der Waals surface area (Å²) in [5.41, 5.74) is 4.96. The Labute approximate surface area is 269 Å². The molecule has 0 amide bonds. The van der Waals surface area contributed by atoms with Crippen molar-refractivity contribution in [2.75, 3.05) is 0 Å². The van der Waals surface area contributed by atoms with E-state index in [0.717, 1.165) is 8.95 Å². The monoisotopic (exact) mass is 830 g/mol. The van der Waals surface area contributed by atoms with Gasteiger partial charge in [-0.15, -0.1) is 0 Å². The van der Waals surface area contributed by atoms with E-state index in [-0.39, 0.29) is 0 Å². The van der Waals surface area contributed by atoms with Gasteiger partial charge >= 0.3 is 0 Å². The van der Waals surface area contributed by atoms with E-state index < -0.39 is 32.3 Å². The lowest BCUT2D eigenvalue weighted by molar-refractivity contribution is 1.51. The zero-order valence-corrected chi connectivity index (χ0v) is 35.3. The highest BCUT2D eigenvalue weighted by atomic mass is 79.9. The van der Waals surface area contributed by atoms with E-state index in [1.807, 2.05) is 0 Å². The molecule has 3 aromatic rings. The molecule has 3 rings (SSSR count). The maximum absolute atomic E-state index is 3.99. The average Bonchev–Trinajstić information content (AvgIpc) is 2.72. The summed E-state index contributed by atoms with van der Waals surface area (Å²) in [6.45, 7) is 29.6. The molecule has 3 aromatic carbocycles. The van der Waals surface area contributed by atoms with E-state index >= 15 is 0 Å². The molecule has 0 spiro atoms. The van der Waals surface area contributed by atoms with Gasteiger partial charge in [0.05, 0.1) is 32.3 Å². The van der Waals surface area contributed by atoms with Crippen LogP contribution in [0, 0.1) is 0 Å². The average molecular weight is 835 g/mol. The van der Waals surface area contributed by atoms with Crippen molar-refractivity contribution >= 4 is 117 Å². The summed E-state index contributed by atoms with van der Waals surface area (Å²) in [6, 6.07) is 14.4. The van der Waals surface area contributed by atoms with E-state index in [4.69, 9.17) is 0 Å². The summed E-state index contributed by atoms with van der Waals surface area (Å²) in [5, 5.41) is 6.35. The number of hydrogen-bond donors (Lipinski definition) is 0. The quantitative estimate of drug-likeness (QED) is 0.217. The zero-order valence-electron chi connectivity index (χ0n) is 25.0. The normalized spacial score (nSPS) is 13.3. The summed E-state index contributed by atoms with van der Waals surface area (Å²) in [7, 11) is -6.03. The van der Waals surface area contributed by atoms with Gasteiger partial charge in [0.1, 0.15) is 0 Å². The molecule has 0 aliphatic rings. The zero-order chi connectivity index (χ0) is 29.2. The first-order chi connectivity index (χ1) is 17.0. The lowest BCUT2D eigenvalue weighted by Gasteiger charge is -2.30. The fourth-order valence-electron chi connectivity index (χ4n) is 5.00. The molecule has 0 fully saturated rings. The molecule has 8 heteroatoms. The van der Waals surface area contributed by atoms with Crippen molar-refractivity contribution in [2.24, 2.45) is 0 Å². The largest absolute Gasteiger partial charge is 0.0774 e. The molecular formula is C30H42Br4Si4. The van der Waals surface area contributed by atoms with Crippen LogP contribution in [0.5, 0.6) is 0 Å². The van der Waals surface area contributed by atoms with Crippen molar-refractivity contribution in [3.05, 3.63) is 54.3 Å². The van der Waals surface area contributed by atoms with Crippen LogP contribution in [0.3, 0.4) is 0 Å². The molecule has 0 nitrogen and oxygen atoms in total. The van der Waals surface area contributed by atoms with Crippen molar-refractivity contribution in [3.8, 4) is 22.3 Å². The Morgan fingerprint density at radius 2 is 0.500 bits per heavy atom. The minimum atomic E-state index is -1.53. The summed E-state index contributed by atoms with van der Waals surface area (Å²) in [6.07, 6.45) is 0. The fraction of sp³-hybridized carbons (Fsp3) is 0.400. The lowest BCUT2D eigenvalue weighted by atomic mass is 10.00. The minimum absolute atomic E-state index is 1.12. The number of rotatable bonds is 6. The van der Waals surface area contributed by atoms with Crippen molar-refractivity contribution < 1.29 is 0 Å². The highest BCUT2D eigenvalue weighted by Crippen LogP contribution is 2.42. The third kappa shape index (κ3) is 7.08. The molecular weight excluding hydrogens is 792 g/mol. The van der Waals surface area contributed by atoms with Gasteiger partial charge in [-0.1, -0.05) is 175 Å². The van der Waals surface area contributed by atoms with Gasteiger partial charge in [-0.05, 0) is 46.5 Å². The van der Waals surface area contributed by atoms with Gasteiger partial charge in [-0.25, -0.2) is 0 Å². The van der Waals surface area contributed by atoms with E-state index in [9.17, 15) is 0 Å². The third-order valence-corrected chi connectivity index (χ3v) is 18.3. The van der Waals surface area contributed by atoms with Crippen LogP contribution >= 0.6 is 63.7 Å². The molecule has 0 radical (unpaired) electrons. The summed E-state index contributed by atoms with van der Waals surface area (Å²) in [4.78, 5) is 0. The van der Waals surface area contributed by atoms with Gasteiger partial charge < -0.3 is 0 Å². The van der Waals surface area contributed by atoms with Crippen LogP contribution < -0.4 is 20.7 Å². The molecule has 0 saturated heterocycles. The first-order valence-electron chi connectivity index (χ1n) is 13.2. The number of hydrogen-bond acceptors (Lipinski definition) is 0. The molecule has 0 aromatic heterocycles. The highest BCUT2D eigenvalue weighted by Gasteiger charge is 2.31. The highest BCUT2D eigenvalue weighted by molar-refractivity contribution is 9.11. The Hall–Kier alpha value is 0.448. The molecule has 38 heavy (non-hydrogen) atoms. The fourth-order valence-corrected chi connectivity index (χ4v) is 18.0. The van der Waals surface area contributed by atoms with Crippen LogP contribution in [0.25, 0.3) is 22.3 Å². The van der Waals surface area contributed by atoms with Crippen LogP contribution in [0.1, 0.15) is 0 Å². The molecule has 206 valence electrons. The maximum atomic E-state index is 3.99. The SMILES string of the molecule is C[Si](C)(C)c1cc(Br)c(-c2cc(Br)c(-c3cc([Si](C)(C)C)c([Si](C)(C)C)cc3Br)cc2Br)cc1[Si](C)(C)C. The molecule has 0 saturated carbocycles. The topological polar surface area (TPSA) is 0 Å². The van der Waals surface area contributed by atoms with Crippen molar-refractivity contribution in [3.63, 3.8) is 0 Å². The Bertz CT molecular complexity index is 1280. The second-order valence-corrected chi connectivity index (χ2v) is 38.1. The number of halogens is 4. The first kappa shape index (κ1) is 33.0. The summed E-state index contributed by atoms with van der Waals surface area (Å²) in [5.74, 6) is 0. The van der Waals surface area contributed by atoms with E-state index in [1.54, 1.807) is 20.7 Å². The molecule has 0 heterocycles. The Morgan fingerprint density at radius 3 is 0.737 bits per heavy atom. The summed E-state index contributed by atoms with van der Waals surface area (Å²) < 4.78 is 4.60. The molecule has 0 atom stereocenters. The first-order valence-corrected chi connectivity index (χ1v) is 30.4. The van der Waals surface area contributed by atoms with E-state index in [2.05, 4.69) is 179 Å². The second-order valence-electron chi connectivity index (χ2n) is 14.6. The minimum Gasteiger partial charge on any atom is -0.0656 e. The molecule has 0 unspecified atom stereocenters. The smallest absolute Gasteiger partial charge is 0.0656 e. The molecule has 0 aliphatic carbocycles. The second kappa shape index (κ2) is 11.3. The van der Waals surface area contributed by atoms with Crippen LogP contribution in [-0.2, 0) is 0 Å². The predicted octanol–water partition coefficient (Wildman–Crippen LogP) is 10.3. The third-order valence-electron chi connectivity index (χ3n) is 7.08. The van der Waals surface area contributed by atoms with Crippen LogP contribution in [0.2, 0.25) is 78.6 Å². The standard InChI is InChI=1S/C30H42Br4Si4/c1-35(2,3)27-15-21(25(33)17-29(27)37(7,8)9)19-13-24(32)20(14-23(19)31)22-16-28(36(4,5)6)30(18-26(22)34)38(10,11)12/h13-18H,1-12H3. The van der Waals surface area contributed by atoms with Crippen molar-refractivity contribution in [1.82, 2.24) is 0 Å². The van der Waals surface area contributed by atoms with E-state index in [0.29, 0.717) is 0 Å². The van der Waals surface area contributed by atoms with Gasteiger partial charge in [-0.2, -0.15) is 0 Å². The molecule has 0 aliphatic heterocycles. The Kier molecular flexibility index (Phi) is 9.77. The van der Waals surface area contributed by atoms with Gasteiger partial charge in [0.15, 0.2) is 0 Å². The predicted molar refractivity (Wildman–Crippen MR) is 200 cm³/mol. The van der Waals surface area contributed by atoms with Crippen molar-refractivity contribution in [1.29, 1.82) is 0 Å². The Balaban J connectivity index is 2.28. The van der Waals surface area contributed by atoms with Gasteiger partial charge in [0.2, 0.25) is 0 Å². The number of benzene rings is 3.